The van der Waals surface area contributed by atoms with Crippen molar-refractivity contribution >= 4 is 34.0 Å². The number of nitrogens with zero attached hydrogens (tertiary/aromatic N) is 4. The van der Waals surface area contributed by atoms with Crippen molar-refractivity contribution in [3.05, 3.63) is 60.3 Å². The van der Waals surface area contributed by atoms with Crippen molar-refractivity contribution < 1.29 is 4.79 Å². The summed E-state index contributed by atoms with van der Waals surface area (Å²) in [6.07, 6.45) is 6.01. The molecule has 176 valence electrons. The van der Waals surface area contributed by atoms with Crippen molar-refractivity contribution in [2.75, 3.05) is 25.0 Å². The Morgan fingerprint density at radius 3 is 2.71 bits per heavy atom. The minimum Gasteiger partial charge on any atom is -0.374 e. The maximum Gasteiger partial charge on any atom is 0.229 e. The van der Waals surface area contributed by atoms with E-state index in [2.05, 4.69) is 76.3 Å². The number of aromatic nitrogens is 1. The number of fused-ring (bicyclic) bond motifs is 2. The molecule has 2 aromatic carbocycles. The van der Waals surface area contributed by atoms with Crippen molar-refractivity contribution in [1.82, 2.24) is 14.4 Å². The smallest absolute Gasteiger partial charge is 0.229 e. The molecule has 0 bridgehead atoms. The number of likely N-dealkylation sites (tertiary alicyclic amines) is 2. The molecule has 1 spiro atoms. The molecule has 1 N–H and O–H groups in total. The quantitative estimate of drug-likeness (QED) is 0.596. The fourth-order valence-corrected chi connectivity index (χ4v) is 6.20. The van der Waals surface area contributed by atoms with E-state index in [-0.39, 0.29) is 11.5 Å². The Morgan fingerprint density at radius 1 is 1.03 bits per heavy atom. The number of anilines is 1. The van der Waals surface area contributed by atoms with Gasteiger partial charge in [-0.1, -0.05) is 24.3 Å². The van der Waals surface area contributed by atoms with Crippen LogP contribution in [0.5, 0.6) is 0 Å². The Balaban J connectivity index is 1.18. The van der Waals surface area contributed by atoms with Crippen LogP contribution in [0.3, 0.4) is 0 Å². The van der Waals surface area contributed by atoms with E-state index in [0.717, 1.165) is 62.5 Å². The van der Waals surface area contributed by atoms with Gasteiger partial charge < -0.3 is 19.7 Å². The second-order valence-electron chi connectivity index (χ2n) is 10.2. The highest BCUT2D eigenvalue weighted by atomic mass is 16.2. The number of hydrogen-bond donors (Lipinski definition) is 1. The third-order valence-corrected chi connectivity index (χ3v) is 8.15. The maximum atomic E-state index is 13.8. The molecule has 3 aromatic rings. The average molecular weight is 456 g/mol. The number of nitrogens with one attached hydrogen (secondary N) is 1. The summed E-state index contributed by atoms with van der Waals surface area (Å²) in [5, 5.41) is 4.84. The summed E-state index contributed by atoms with van der Waals surface area (Å²) in [5.41, 5.74) is 4.35. The SMILES string of the molecule is CC1Nc2ccccc2N=C1N1CCC2(CCCN(Cc3cccc4c3ccn4C)C2=O)CC1. The fourth-order valence-electron chi connectivity index (χ4n) is 6.20. The third kappa shape index (κ3) is 3.47. The van der Waals surface area contributed by atoms with E-state index >= 15 is 0 Å². The lowest BCUT2D eigenvalue weighted by Gasteiger charge is -2.47. The molecule has 2 saturated heterocycles. The minimum atomic E-state index is -0.219. The molecule has 0 radical (unpaired) electrons. The number of rotatable bonds is 2. The highest BCUT2D eigenvalue weighted by molar-refractivity contribution is 5.96. The van der Waals surface area contributed by atoms with Gasteiger partial charge in [-0.15, -0.1) is 0 Å². The van der Waals surface area contributed by atoms with Crippen LogP contribution in [-0.2, 0) is 18.4 Å². The number of para-hydroxylation sites is 2. The van der Waals surface area contributed by atoms with E-state index in [4.69, 9.17) is 4.99 Å². The number of benzene rings is 2. The number of hydrogen-bond acceptors (Lipinski definition) is 4. The Morgan fingerprint density at radius 2 is 1.85 bits per heavy atom. The van der Waals surface area contributed by atoms with Crippen LogP contribution in [0.2, 0.25) is 0 Å². The van der Waals surface area contributed by atoms with Gasteiger partial charge in [0.1, 0.15) is 5.84 Å². The lowest BCUT2D eigenvalue weighted by Crippen LogP contribution is -2.55. The lowest BCUT2D eigenvalue weighted by molar-refractivity contribution is -0.150. The lowest BCUT2D eigenvalue weighted by atomic mass is 9.71. The van der Waals surface area contributed by atoms with Crippen LogP contribution >= 0.6 is 0 Å². The van der Waals surface area contributed by atoms with Gasteiger partial charge in [-0.2, -0.15) is 0 Å². The second-order valence-corrected chi connectivity index (χ2v) is 10.2. The summed E-state index contributed by atoms with van der Waals surface area (Å²) >= 11 is 0. The Bertz CT molecular complexity index is 1270. The summed E-state index contributed by atoms with van der Waals surface area (Å²) in [5.74, 6) is 1.46. The first kappa shape index (κ1) is 21.3. The number of amidine groups is 1. The van der Waals surface area contributed by atoms with Crippen LogP contribution in [0.1, 0.15) is 38.2 Å². The van der Waals surface area contributed by atoms with Crippen molar-refractivity contribution in [1.29, 1.82) is 0 Å². The second kappa shape index (κ2) is 8.19. The first-order chi connectivity index (χ1) is 16.5. The van der Waals surface area contributed by atoms with Gasteiger partial charge in [0.25, 0.3) is 0 Å². The van der Waals surface area contributed by atoms with Crippen LogP contribution < -0.4 is 5.32 Å². The molecule has 34 heavy (non-hydrogen) atoms. The van der Waals surface area contributed by atoms with Crippen molar-refractivity contribution in [2.45, 2.75) is 45.2 Å². The van der Waals surface area contributed by atoms with Crippen LogP contribution in [0.4, 0.5) is 11.4 Å². The minimum absolute atomic E-state index is 0.175. The summed E-state index contributed by atoms with van der Waals surface area (Å²) in [7, 11) is 2.08. The van der Waals surface area contributed by atoms with Crippen molar-refractivity contribution in [3.8, 4) is 0 Å². The molecule has 6 nitrogen and oxygen atoms in total. The highest BCUT2D eigenvalue weighted by Crippen LogP contribution is 2.42. The molecule has 0 saturated carbocycles. The predicted octanol–water partition coefficient (Wildman–Crippen LogP) is 4.93. The van der Waals surface area contributed by atoms with E-state index in [1.54, 1.807) is 0 Å². The van der Waals surface area contributed by atoms with Crippen LogP contribution in [0.25, 0.3) is 10.9 Å². The number of carbonyl (C=O) groups is 1. The van der Waals surface area contributed by atoms with Crippen LogP contribution in [0, 0.1) is 5.41 Å². The summed E-state index contributed by atoms with van der Waals surface area (Å²) in [6, 6.07) is 17.0. The van der Waals surface area contributed by atoms with Gasteiger partial charge in [0.15, 0.2) is 0 Å². The molecule has 3 aliphatic rings. The number of carbonyl (C=O) groups excluding carboxylic acids is 1. The van der Waals surface area contributed by atoms with E-state index < -0.39 is 0 Å². The van der Waals surface area contributed by atoms with Crippen LogP contribution in [-0.4, -0.2) is 51.8 Å². The van der Waals surface area contributed by atoms with E-state index in [1.165, 1.54) is 16.5 Å². The molecule has 2 fully saturated rings. The molecule has 1 atom stereocenters. The highest BCUT2D eigenvalue weighted by Gasteiger charge is 2.46. The molecular formula is C28H33N5O. The molecule has 0 aliphatic carbocycles. The van der Waals surface area contributed by atoms with Crippen molar-refractivity contribution in [3.63, 3.8) is 0 Å². The predicted molar refractivity (Wildman–Crippen MR) is 137 cm³/mol. The van der Waals surface area contributed by atoms with Gasteiger partial charge in [-0.25, -0.2) is 4.99 Å². The van der Waals surface area contributed by atoms with Gasteiger partial charge in [0.05, 0.1) is 22.8 Å². The van der Waals surface area contributed by atoms with Crippen LogP contribution in [0.15, 0.2) is 59.7 Å². The number of piperidine rings is 2. The number of amides is 1. The van der Waals surface area contributed by atoms with E-state index in [9.17, 15) is 4.79 Å². The monoisotopic (exact) mass is 455 g/mol. The Hall–Kier alpha value is -3.28. The third-order valence-electron chi connectivity index (χ3n) is 8.15. The average Bonchev–Trinajstić information content (AvgIpc) is 3.24. The van der Waals surface area contributed by atoms with E-state index in [0.29, 0.717) is 12.5 Å². The zero-order valence-corrected chi connectivity index (χ0v) is 20.1. The summed E-state index contributed by atoms with van der Waals surface area (Å²) in [4.78, 5) is 23.3. The topological polar surface area (TPSA) is 52.9 Å². The number of aryl methyl sites for hydroxylation is 1. The molecule has 1 amide bonds. The Kier molecular flexibility index (Phi) is 5.12. The van der Waals surface area contributed by atoms with E-state index in [1.807, 2.05) is 12.1 Å². The van der Waals surface area contributed by atoms with Gasteiger partial charge >= 0.3 is 0 Å². The Labute approximate surface area is 201 Å². The number of aliphatic imine (C=N–C) groups is 1. The molecule has 1 aromatic heterocycles. The molecular weight excluding hydrogens is 422 g/mol. The first-order valence-electron chi connectivity index (χ1n) is 12.6. The maximum absolute atomic E-state index is 13.8. The zero-order valence-electron chi connectivity index (χ0n) is 20.1. The van der Waals surface area contributed by atoms with Gasteiger partial charge in [0.2, 0.25) is 5.91 Å². The summed E-state index contributed by atoms with van der Waals surface area (Å²) in [6.45, 7) is 5.52. The standard InChI is InChI=1S/C28H33N5O/c1-20-26(30-24-9-4-3-8-23(24)29-20)32-17-13-28(14-18-32)12-6-15-33(27(28)34)19-21-7-5-10-25-22(21)11-16-31(25)2/h3-5,7-11,16,20,29H,6,12-15,17-19H2,1-2H3. The van der Waals surface area contributed by atoms with Gasteiger partial charge in [-0.3, -0.25) is 4.79 Å². The molecule has 3 aliphatic heterocycles. The van der Waals surface area contributed by atoms with Crippen molar-refractivity contribution in [2.24, 2.45) is 17.5 Å². The van der Waals surface area contributed by atoms with Gasteiger partial charge in [0, 0.05) is 50.3 Å². The fraction of sp³-hybridized carbons (Fsp3) is 0.429. The molecule has 6 rings (SSSR count). The molecule has 4 heterocycles. The first-order valence-corrected chi connectivity index (χ1v) is 12.6. The summed E-state index contributed by atoms with van der Waals surface area (Å²) < 4.78 is 2.15. The van der Waals surface area contributed by atoms with Gasteiger partial charge in [-0.05, 0) is 62.4 Å². The normalized spacial score (nSPS) is 22.0. The zero-order chi connectivity index (χ0) is 23.3. The molecule has 6 heteroatoms. The molecule has 1 unspecified atom stereocenters. The largest absolute Gasteiger partial charge is 0.374 e.